The van der Waals surface area contributed by atoms with Crippen molar-refractivity contribution in [3.8, 4) is 5.75 Å². The van der Waals surface area contributed by atoms with Crippen LogP contribution in [0.25, 0.3) is 10.2 Å². The lowest BCUT2D eigenvalue weighted by Crippen LogP contribution is -2.04. The molecule has 0 aliphatic carbocycles. The second-order valence-corrected chi connectivity index (χ2v) is 7.75. The van der Waals surface area contributed by atoms with E-state index in [4.69, 9.17) is 4.74 Å². The lowest BCUT2D eigenvalue weighted by atomic mass is 10.2. The Morgan fingerprint density at radius 1 is 1.10 bits per heavy atom. The van der Waals surface area contributed by atoms with Gasteiger partial charge in [0.1, 0.15) is 5.75 Å². The van der Waals surface area contributed by atoms with Crippen LogP contribution in [0.15, 0.2) is 52.9 Å². The Hall–Kier alpha value is -1.92. The first kappa shape index (κ1) is 14.0. The standard InChI is InChI=1S/C15H13NO3S2/c1-19-12-8-6-11(7-9-12)10-21(17,18)15-16-13-4-2-3-5-14(13)20-15/h2-9H,10H2,1H3. The quantitative estimate of drug-likeness (QED) is 0.740. The zero-order valence-corrected chi connectivity index (χ0v) is 12.9. The predicted molar refractivity (Wildman–Crippen MR) is 83.5 cm³/mol. The lowest BCUT2D eigenvalue weighted by molar-refractivity contribution is 0.414. The maximum Gasteiger partial charge on any atom is 0.210 e. The average Bonchev–Trinajstić information content (AvgIpc) is 2.92. The number of aromatic nitrogens is 1. The molecule has 0 aliphatic heterocycles. The summed E-state index contributed by atoms with van der Waals surface area (Å²) < 4.78 is 31.0. The fourth-order valence-electron chi connectivity index (χ4n) is 1.99. The van der Waals surface area contributed by atoms with Crippen LogP contribution in [-0.2, 0) is 15.6 Å². The van der Waals surface area contributed by atoms with E-state index >= 15 is 0 Å². The van der Waals surface area contributed by atoms with Crippen LogP contribution in [0.1, 0.15) is 5.56 Å². The summed E-state index contributed by atoms with van der Waals surface area (Å²) >= 11 is 1.21. The van der Waals surface area contributed by atoms with Gasteiger partial charge in [0.25, 0.3) is 0 Å². The van der Waals surface area contributed by atoms with Gasteiger partial charge in [0.05, 0.1) is 23.1 Å². The van der Waals surface area contributed by atoms with Gasteiger partial charge >= 0.3 is 0 Å². The van der Waals surface area contributed by atoms with Crippen LogP contribution in [0.5, 0.6) is 5.75 Å². The van der Waals surface area contributed by atoms with E-state index in [2.05, 4.69) is 4.98 Å². The van der Waals surface area contributed by atoms with Gasteiger partial charge in [-0.25, -0.2) is 13.4 Å². The molecule has 0 saturated heterocycles. The minimum absolute atomic E-state index is 0.0587. The number of fused-ring (bicyclic) bond motifs is 1. The van der Waals surface area contributed by atoms with Gasteiger partial charge in [-0.05, 0) is 29.8 Å². The highest BCUT2D eigenvalue weighted by Gasteiger charge is 2.20. The number of methoxy groups -OCH3 is 1. The van der Waals surface area contributed by atoms with E-state index in [1.807, 2.05) is 24.3 Å². The monoisotopic (exact) mass is 319 g/mol. The maximum absolute atomic E-state index is 12.4. The van der Waals surface area contributed by atoms with Crippen molar-refractivity contribution < 1.29 is 13.2 Å². The fourth-order valence-corrected chi connectivity index (χ4v) is 4.63. The molecule has 0 fully saturated rings. The molecule has 0 aliphatic rings. The largest absolute Gasteiger partial charge is 0.497 e. The minimum atomic E-state index is -3.43. The Morgan fingerprint density at radius 2 is 1.81 bits per heavy atom. The Labute approximate surface area is 126 Å². The van der Waals surface area contributed by atoms with Gasteiger partial charge in [-0.2, -0.15) is 0 Å². The molecule has 21 heavy (non-hydrogen) atoms. The summed E-state index contributed by atoms with van der Waals surface area (Å²) in [7, 11) is -1.85. The molecule has 0 N–H and O–H groups in total. The molecule has 4 nitrogen and oxygen atoms in total. The van der Waals surface area contributed by atoms with E-state index in [0.29, 0.717) is 5.75 Å². The molecule has 0 spiro atoms. The highest BCUT2D eigenvalue weighted by Crippen LogP contribution is 2.27. The van der Waals surface area contributed by atoms with Gasteiger partial charge in [-0.15, -0.1) is 11.3 Å². The summed E-state index contributed by atoms with van der Waals surface area (Å²) in [5.41, 5.74) is 1.44. The molecule has 0 bridgehead atoms. The second-order valence-electron chi connectivity index (χ2n) is 4.55. The molecule has 3 rings (SSSR count). The van der Waals surface area contributed by atoms with Crippen molar-refractivity contribution in [1.29, 1.82) is 0 Å². The van der Waals surface area contributed by atoms with Crippen LogP contribution in [0.3, 0.4) is 0 Å². The Morgan fingerprint density at radius 3 is 2.48 bits per heavy atom. The number of ether oxygens (including phenoxy) is 1. The Bertz CT molecular complexity index is 834. The van der Waals surface area contributed by atoms with E-state index in [1.165, 1.54) is 11.3 Å². The molecular formula is C15H13NO3S2. The molecule has 6 heteroatoms. The topological polar surface area (TPSA) is 56.3 Å². The van der Waals surface area contributed by atoms with E-state index in [1.54, 1.807) is 31.4 Å². The summed E-state index contributed by atoms with van der Waals surface area (Å²) in [6.45, 7) is 0. The van der Waals surface area contributed by atoms with E-state index in [9.17, 15) is 8.42 Å². The molecular weight excluding hydrogens is 306 g/mol. The van der Waals surface area contributed by atoms with Crippen molar-refractivity contribution >= 4 is 31.4 Å². The van der Waals surface area contributed by atoms with Crippen LogP contribution in [0, 0.1) is 0 Å². The van der Waals surface area contributed by atoms with Crippen LogP contribution in [-0.4, -0.2) is 20.5 Å². The highest BCUT2D eigenvalue weighted by molar-refractivity contribution is 7.92. The molecule has 108 valence electrons. The summed E-state index contributed by atoms with van der Waals surface area (Å²) in [5.74, 6) is 0.646. The smallest absolute Gasteiger partial charge is 0.210 e. The molecule has 0 atom stereocenters. The number of nitrogens with zero attached hydrogens (tertiary/aromatic N) is 1. The maximum atomic E-state index is 12.4. The summed E-state index contributed by atoms with van der Waals surface area (Å²) in [5, 5.41) is 0. The van der Waals surface area contributed by atoms with Gasteiger partial charge in [0.15, 0.2) is 0 Å². The second kappa shape index (κ2) is 5.46. The zero-order chi connectivity index (χ0) is 14.9. The van der Waals surface area contributed by atoms with Gasteiger partial charge in [0, 0.05) is 0 Å². The molecule has 0 unspecified atom stereocenters. The lowest BCUT2D eigenvalue weighted by Gasteiger charge is -2.03. The van der Waals surface area contributed by atoms with Crippen molar-refractivity contribution in [2.75, 3.05) is 7.11 Å². The number of sulfone groups is 1. The first-order valence-corrected chi connectivity index (χ1v) is 8.76. The molecule has 0 saturated carbocycles. The Kier molecular flexibility index (Phi) is 3.65. The molecule has 3 aromatic rings. The third-order valence-corrected chi connectivity index (χ3v) is 6.24. The van der Waals surface area contributed by atoms with Crippen LogP contribution >= 0.6 is 11.3 Å². The van der Waals surface area contributed by atoms with Gasteiger partial charge < -0.3 is 4.74 Å². The Balaban J connectivity index is 1.92. The third-order valence-electron chi connectivity index (χ3n) is 3.06. The predicted octanol–water partition coefficient (Wildman–Crippen LogP) is 3.28. The number of thiazole rings is 1. The van der Waals surface area contributed by atoms with Crippen molar-refractivity contribution in [1.82, 2.24) is 4.98 Å². The normalized spacial score (nSPS) is 11.7. The van der Waals surface area contributed by atoms with Crippen molar-refractivity contribution in [3.05, 3.63) is 54.1 Å². The molecule has 0 amide bonds. The number of benzene rings is 2. The first-order chi connectivity index (χ1) is 10.1. The molecule has 1 heterocycles. The molecule has 2 aromatic carbocycles. The van der Waals surface area contributed by atoms with E-state index in [-0.39, 0.29) is 10.1 Å². The SMILES string of the molecule is COc1ccc(CS(=O)(=O)c2nc3ccccc3s2)cc1. The van der Waals surface area contributed by atoms with Crippen molar-refractivity contribution in [2.24, 2.45) is 0 Å². The summed E-state index contributed by atoms with van der Waals surface area (Å²) in [6, 6.07) is 14.4. The van der Waals surface area contributed by atoms with Crippen LogP contribution in [0.2, 0.25) is 0 Å². The number of hydrogen-bond donors (Lipinski definition) is 0. The van der Waals surface area contributed by atoms with Gasteiger partial charge in [-0.1, -0.05) is 24.3 Å². The summed E-state index contributed by atoms with van der Waals surface area (Å²) in [6.07, 6.45) is 0. The minimum Gasteiger partial charge on any atom is -0.497 e. The van der Waals surface area contributed by atoms with Gasteiger partial charge in [-0.3, -0.25) is 0 Å². The van der Waals surface area contributed by atoms with Crippen LogP contribution in [0.4, 0.5) is 0 Å². The average molecular weight is 319 g/mol. The molecule has 1 aromatic heterocycles. The van der Waals surface area contributed by atoms with Crippen LogP contribution < -0.4 is 4.74 Å². The number of rotatable bonds is 4. The number of hydrogen-bond acceptors (Lipinski definition) is 5. The summed E-state index contributed by atoms with van der Waals surface area (Å²) in [4.78, 5) is 4.22. The third kappa shape index (κ3) is 2.91. The zero-order valence-electron chi connectivity index (χ0n) is 11.3. The number of para-hydroxylation sites is 1. The van der Waals surface area contributed by atoms with E-state index in [0.717, 1.165) is 15.8 Å². The fraction of sp³-hybridized carbons (Fsp3) is 0.133. The van der Waals surface area contributed by atoms with E-state index < -0.39 is 9.84 Å². The van der Waals surface area contributed by atoms with Crippen molar-refractivity contribution in [3.63, 3.8) is 0 Å². The first-order valence-electron chi connectivity index (χ1n) is 6.30. The van der Waals surface area contributed by atoms with Gasteiger partial charge in [0.2, 0.25) is 14.2 Å². The highest BCUT2D eigenvalue weighted by atomic mass is 32.2. The molecule has 0 radical (unpaired) electrons. The van der Waals surface area contributed by atoms with Crippen molar-refractivity contribution in [2.45, 2.75) is 10.1 Å².